The first-order valence-electron chi connectivity index (χ1n) is 6.94. The number of nitrogens with one attached hydrogen (secondary N) is 1. The van der Waals surface area contributed by atoms with Gasteiger partial charge in [-0.3, -0.25) is 0 Å². The molecule has 0 radical (unpaired) electrons. The molecule has 4 nitrogen and oxygen atoms in total. The fourth-order valence-corrected chi connectivity index (χ4v) is 4.11. The first-order chi connectivity index (χ1) is 11.1. The highest BCUT2D eigenvalue weighted by molar-refractivity contribution is 7.99. The summed E-state index contributed by atoms with van der Waals surface area (Å²) in [5, 5.41) is 7.10. The highest BCUT2D eigenvalue weighted by Gasteiger charge is 2.16. The third-order valence-corrected chi connectivity index (χ3v) is 5.70. The highest BCUT2D eigenvalue weighted by atomic mass is 35.5. The summed E-state index contributed by atoms with van der Waals surface area (Å²) in [6.07, 6.45) is 2.09. The summed E-state index contributed by atoms with van der Waals surface area (Å²) in [7, 11) is 0. The van der Waals surface area contributed by atoms with Gasteiger partial charge in [0.05, 0.1) is 16.7 Å². The summed E-state index contributed by atoms with van der Waals surface area (Å²) >= 11 is 9.42. The average Bonchev–Trinajstić information content (AvgIpc) is 3.06. The number of hydrazone groups is 1. The van der Waals surface area contributed by atoms with Crippen molar-refractivity contribution in [2.24, 2.45) is 15.8 Å². The predicted molar refractivity (Wildman–Crippen MR) is 100 cm³/mol. The number of thiophene rings is 1. The summed E-state index contributed by atoms with van der Waals surface area (Å²) < 4.78 is 0. The molecule has 7 heteroatoms. The molecule has 1 aromatic carbocycles. The maximum absolute atomic E-state index is 5.97. The fraction of sp³-hybridized carbons (Fsp3) is 0.125. The lowest BCUT2D eigenvalue weighted by atomic mass is 10.2. The van der Waals surface area contributed by atoms with E-state index in [1.165, 1.54) is 4.88 Å². The molecule has 118 valence electrons. The minimum Gasteiger partial charge on any atom is -0.368 e. The smallest absolute Gasteiger partial charge is 0.214 e. The predicted octanol–water partition coefficient (Wildman–Crippen LogP) is 4.41. The number of hydrogen-bond donors (Lipinski definition) is 2. The quantitative estimate of drug-likeness (QED) is 0.792. The number of nitrogens with two attached hydrogens (primary N) is 1. The van der Waals surface area contributed by atoms with Gasteiger partial charge in [-0.15, -0.1) is 23.1 Å². The van der Waals surface area contributed by atoms with E-state index >= 15 is 0 Å². The number of thioether (sulfide) groups is 1. The molecule has 1 aliphatic rings. The van der Waals surface area contributed by atoms with Gasteiger partial charge in [0.1, 0.15) is 0 Å². The molecule has 2 aromatic rings. The van der Waals surface area contributed by atoms with Crippen molar-refractivity contribution < 1.29 is 0 Å². The Bertz CT molecular complexity index is 764. The molecule has 0 bridgehead atoms. The van der Waals surface area contributed by atoms with Crippen LogP contribution in [0.25, 0.3) is 0 Å². The number of aliphatic imine (C=N–C) groups is 1. The summed E-state index contributed by atoms with van der Waals surface area (Å²) in [4.78, 5) is 6.74. The molecule has 1 aromatic heterocycles. The van der Waals surface area contributed by atoms with Gasteiger partial charge in [-0.1, -0.05) is 17.7 Å². The lowest BCUT2D eigenvalue weighted by molar-refractivity contribution is 0.972. The van der Waals surface area contributed by atoms with Crippen LogP contribution in [-0.4, -0.2) is 11.7 Å². The fourth-order valence-electron chi connectivity index (χ4n) is 2.02. The van der Waals surface area contributed by atoms with Crippen LogP contribution in [0.15, 0.2) is 68.5 Å². The molecule has 2 heterocycles. The molecule has 1 aliphatic heterocycles. The third kappa shape index (κ3) is 4.16. The Balaban J connectivity index is 1.92. The van der Waals surface area contributed by atoms with Crippen molar-refractivity contribution in [3.8, 4) is 0 Å². The number of hydrogen-bond acceptors (Lipinski definition) is 6. The monoisotopic (exact) mass is 362 g/mol. The van der Waals surface area contributed by atoms with Crippen molar-refractivity contribution in [1.82, 2.24) is 5.43 Å². The van der Waals surface area contributed by atoms with Crippen LogP contribution in [0, 0.1) is 0 Å². The van der Waals surface area contributed by atoms with Crippen molar-refractivity contribution >= 4 is 46.4 Å². The zero-order valence-corrected chi connectivity index (χ0v) is 14.8. The van der Waals surface area contributed by atoms with Gasteiger partial charge in [0.15, 0.2) is 0 Å². The van der Waals surface area contributed by atoms with Gasteiger partial charge >= 0.3 is 0 Å². The number of halogens is 1. The maximum atomic E-state index is 5.97. The van der Waals surface area contributed by atoms with Crippen LogP contribution in [0.4, 0.5) is 0 Å². The average molecular weight is 363 g/mol. The Morgan fingerprint density at radius 3 is 2.78 bits per heavy atom. The second-order valence-electron chi connectivity index (χ2n) is 4.87. The second-order valence-corrected chi connectivity index (χ2v) is 7.50. The van der Waals surface area contributed by atoms with E-state index in [9.17, 15) is 0 Å². The minimum atomic E-state index is 0.131. The molecule has 1 atom stereocenters. The Kier molecular flexibility index (Phi) is 5.05. The van der Waals surface area contributed by atoms with Gasteiger partial charge in [-0.2, -0.15) is 5.10 Å². The first-order valence-corrected chi connectivity index (χ1v) is 9.08. The van der Waals surface area contributed by atoms with Gasteiger partial charge in [-0.05, 0) is 48.7 Å². The standard InChI is InChI=1S/C16H15ClN4S2/c1-10-13(19-16(18)21-20-10)9-15(14-3-2-8-22-14)23-12-6-4-11(17)5-7-12/h2-9,15H,1H3,(H3,18,19,21)/b13-9+. The first kappa shape index (κ1) is 16.1. The molecule has 3 rings (SSSR count). The molecule has 23 heavy (non-hydrogen) atoms. The SMILES string of the molecule is CC1=NNC(N)=N/C1=C/C(Sc1ccc(Cl)cc1)c1cccs1. The summed E-state index contributed by atoms with van der Waals surface area (Å²) in [6, 6.07) is 12.0. The van der Waals surface area contributed by atoms with Gasteiger partial charge in [0, 0.05) is 14.8 Å². The molecule has 0 fully saturated rings. The van der Waals surface area contributed by atoms with E-state index < -0.39 is 0 Å². The van der Waals surface area contributed by atoms with Crippen LogP contribution in [0.2, 0.25) is 5.02 Å². The van der Waals surface area contributed by atoms with E-state index in [0.717, 1.165) is 21.3 Å². The maximum Gasteiger partial charge on any atom is 0.214 e. The molecule has 0 spiro atoms. The second kappa shape index (κ2) is 7.21. The minimum absolute atomic E-state index is 0.131. The van der Waals surface area contributed by atoms with Crippen LogP contribution in [0.5, 0.6) is 0 Å². The number of benzene rings is 1. The largest absolute Gasteiger partial charge is 0.368 e. The Labute approximate surface area is 148 Å². The summed E-state index contributed by atoms with van der Waals surface area (Å²) in [5.74, 6) is 0.309. The zero-order chi connectivity index (χ0) is 16.2. The van der Waals surface area contributed by atoms with E-state index in [-0.39, 0.29) is 5.25 Å². The number of rotatable bonds is 4. The van der Waals surface area contributed by atoms with Gasteiger partial charge in [0.2, 0.25) is 5.96 Å². The van der Waals surface area contributed by atoms with Crippen LogP contribution in [-0.2, 0) is 0 Å². The van der Waals surface area contributed by atoms with Crippen LogP contribution < -0.4 is 11.2 Å². The van der Waals surface area contributed by atoms with Crippen LogP contribution >= 0.6 is 34.7 Å². The van der Waals surface area contributed by atoms with Gasteiger partial charge in [0.25, 0.3) is 0 Å². The van der Waals surface area contributed by atoms with Crippen molar-refractivity contribution in [2.75, 3.05) is 0 Å². The highest BCUT2D eigenvalue weighted by Crippen LogP contribution is 2.39. The molecule has 1 unspecified atom stereocenters. The molecule has 0 saturated heterocycles. The van der Waals surface area contributed by atoms with E-state index in [0.29, 0.717) is 5.96 Å². The summed E-state index contributed by atoms with van der Waals surface area (Å²) in [5.41, 5.74) is 10.0. The molecular formula is C16H15ClN4S2. The van der Waals surface area contributed by atoms with E-state index in [4.69, 9.17) is 17.3 Å². The lowest BCUT2D eigenvalue weighted by Crippen LogP contribution is -2.31. The van der Waals surface area contributed by atoms with Gasteiger partial charge < -0.3 is 5.73 Å². The summed E-state index contributed by atoms with van der Waals surface area (Å²) in [6.45, 7) is 1.91. The van der Waals surface area contributed by atoms with Crippen LogP contribution in [0.1, 0.15) is 17.1 Å². The molecular weight excluding hydrogens is 348 g/mol. The van der Waals surface area contributed by atoms with E-state index in [2.05, 4.69) is 39.1 Å². The van der Waals surface area contributed by atoms with E-state index in [1.807, 2.05) is 31.2 Å². The molecule has 3 N–H and O–H groups in total. The van der Waals surface area contributed by atoms with Gasteiger partial charge in [-0.25, -0.2) is 10.4 Å². The molecule has 0 saturated carbocycles. The Morgan fingerprint density at radius 1 is 1.30 bits per heavy atom. The molecule has 0 aliphatic carbocycles. The van der Waals surface area contributed by atoms with Crippen LogP contribution in [0.3, 0.4) is 0 Å². The Hall–Kier alpha value is -1.76. The number of nitrogens with zero attached hydrogens (tertiary/aromatic N) is 2. The van der Waals surface area contributed by atoms with Crippen molar-refractivity contribution in [3.05, 3.63) is 63.5 Å². The topological polar surface area (TPSA) is 62.8 Å². The van der Waals surface area contributed by atoms with Crippen molar-refractivity contribution in [2.45, 2.75) is 17.1 Å². The Morgan fingerprint density at radius 2 is 2.09 bits per heavy atom. The van der Waals surface area contributed by atoms with Crippen molar-refractivity contribution in [3.63, 3.8) is 0 Å². The van der Waals surface area contributed by atoms with E-state index in [1.54, 1.807) is 23.1 Å². The lowest BCUT2D eigenvalue weighted by Gasteiger charge is -2.15. The molecule has 0 amide bonds. The normalized spacial score (nSPS) is 17.4. The third-order valence-electron chi connectivity index (χ3n) is 3.16. The number of allylic oxidation sites excluding steroid dienone is 1. The van der Waals surface area contributed by atoms with Crippen molar-refractivity contribution in [1.29, 1.82) is 0 Å². The number of guanidine groups is 1. The zero-order valence-electron chi connectivity index (χ0n) is 12.4.